The third-order valence-corrected chi connectivity index (χ3v) is 3.78. The number of nitrogens with one attached hydrogen (secondary N) is 1. The number of carbonyl (C=O) groups excluding carboxylic acids is 1. The van der Waals surface area contributed by atoms with Crippen molar-refractivity contribution in [3.8, 4) is 0 Å². The summed E-state index contributed by atoms with van der Waals surface area (Å²) < 4.78 is 0. The monoisotopic (exact) mass is 267 g/mol. The summed E-state index contributed by atoms with van der Waals surface area (Å²) in [5.74, 6) is 0.171. The predicted octanol–water partition coefficient (Wildman–Crippen LogP) is -0.251. The van der Waals surface area contributed by atoms with Gasteiger partial charge in [-0.15, -0.1) is 0 Å². The molecule has 0 bridgehead atoms. The lowest BCUT2D eigenvalue weighted by molar-refractivity contribution is -0.128. The summed E-state index contributed by atoms with van der Waals surface area (Å²) in [6.07, 6.45) is 0.271. The molecule has 0 saturated heterocycles. The van der Waals surface area contributed by atoms with Crippen molar-refractivity contribution in [2.75, 3.05) is 7.05 Å². The van der Waals surface area contributed by atoms with Crippen molar-refractivity contribution in [3.63, 3.8) is 0 Å². The molecule has 0 unspecified atom stereocenters. The number of guanidine groups is 1. The largest absolute Gasteiger partial charge is 0.369 e. The summed E-state index contributed by atoms with van der Waals surface area (Å²) in [7, 11) is 7.46. The van der Waals surface area contributed by atoms with Gasteiger partial charge in [0.25, 0.3) is 0 Å². The zero-order valence-electron chi connectivity index (χ0n) is 11.3. The summed E-state index contributed by atoms with van der Waals surface area (Å²) >= 11 is 0. The van der Waals surface area contributed by atoms with Crippen molar-refractivity contribution in [2.24, 2.45) is 10.7 Å². The average molecular weight is 267 g/mol. The van der Waals surface area contributed by atoms with Crippen LogP contribution in [0, 0.1) is 0 Å². The quantitative estimate of drug-likeness (QED) is 0.698. The van der Waals surface area contributed by atoms with Crippen molar-refractivity contribution in [3.05, 3.63) is 23.8 Å². The third-order valence-electron chi connectivity index (χ3n) is 3.78. The fourth-order valence-corrected chi connectivity index (χ4v) is 2.44. The van der Waals surface area contributed by atoms with E-state index in [1.54, 1.807) is 7.05 Å². The summed E-state index contributed by atoms with van der Waals surface area (Å²) in [4.78, 5) is 17.8. The second-order valence-electron chi connectivity index (χ2n) is 5.24. The van der Waals surface area contributed by atoms with Crippen LogP contribution < -0.4 is 11.3 Å². The molecule has 1 aromatic heterocycles. The Kier molecular flexibility index (Phi) is 2.60. The second-order valence-corrected chi connectivity index (χ2v) is 5.24. The first-order valence-corrected chi connectivity index (χ1v) is 6.27. The van der Waals surface area contributed by atoms with Crippen LogP contribution in [0.3, 0.4) is 0 Å². The Bertz CT molecular complexity index is 737. The molecule has 100 valence electrons. The smallest absolute Gasteiger partial charge is 0.231 e. The first-order valence-electron chi connectivity index (χ1n) is 6.27. The van der Waals surface area contributed by atoms with Crippen LogP contribution in [0.5, 0.6) is 0 Å². The highest BCUT2D eigenvalue weighted by Gasteiger charge is 2.36. The van der Waals surface area contributed by atoms with Crippen LogP contribution in [0.15, 0.2) is 23.2 Å². The van der Waals surface area contributed by atoms with Crippen molar-refractivity contribution in [1.82, 2.24) is 15.1 Å². The zero-order chi connectivity index (χ0) is 14.5. The Labute approximate surface area is 117 Å². The van der Waals surface area contributed by atoms with Crippen LogP contribution in [-0.2, 0) is 10.3 Å². The Morgan fingerprint density at radius 2 is 2.25 bits per heavy atom. The zero-order valence-corrected chi connectivity index (χ0v) is 11.3. The molecule has 3 rings (SSSR count). The number of aliphatic imine (C=N–C) groups is 1. The highest BCUT2D eigenvalue weighted by molar-refractivity contribution is 6.37. The van der Waals surface area contributed by atoms with Crippen molar-refractivity contribution in [2.45, 2.75) is 18.9 Å². The fourth-order valence-electron chi connectivity index (χ4n) is 2.44. The lowest BCUT2D eigenvalue weighted by Gasteiger charge is -2.33. The molecule has 0 fully saturated rings. The molecule has 1 amide bonds. The molecule has 2 heterocycles. The van der Waals surface area contributed by atoms with Gasteiger partial charge in [-0.25, -0.2) is 4.99 Å². The first-order chi connectivity index (χ1) is 9.40. The number of aromatic nitrogens is 2. The molecule has 1 aromatic carbocycles. The van der Waals surface area contributed by atoms with Gasteiger partial charge < -0.3 is 5.73 Å². The molecule has 20 heavy (non-hydrogen) atoms. The number of hydrogen-bond acceptors (Lipinski definition) is 4. The van der Waals surface area contributed by atoms with Gasteiger partial charge in [-0.2, -0.15) is 5.10 Å². The van der Waals surface area contributed by atoms with Gasteiger partial charge in [0.05, 0.1) is 17.5 Å². The van der Waals surface area contributed by atoms with E-state index in [0.717, 1.165) is 16.5 Å². The fraction of sp³-hybridized carbons (Fsp3) is 0.308. The highest BCUT2D eigenvalue weighted by atomic mass is 16.2. The van der Waals surface area contributed by atoms with E-state index in [1.807, 2.05) is 25.1 Å². The van der Waals surface area contributed by atoms with E-state index in [9.17, 15) is 4.79 Å². The highest BCUT2D eigenvalue weighted by Crippen LogP contribution is 2.33. The number of carbonyl (C=O) groups is 1. The predicted molar refractivity (Wildman–Crippen MR) is 77.8 cm³/mol. The van der Waals surface area contributed by atoms with Crippen LogP contribution >= 0.6 is 0 Å². The molecule has 1 atom stereocenters. The minimum Gasteiger partial charge on any atom is -0.369 e. The van der Waals surface area contributed by atoms with Gasteiger partial charge in [-0.05, 0) is 30.2 Å². The van der Waals surface area contributed by atoms with Crippen LogP contribution in [0.4, 0.5) is 0 Å². The minimum atomic E-state index is -0.675. The molecule has 0 saturated carbocycles. The van der Waals surface area contributed by atoms with Crippen molar-refractivity contribution in [1.29, 1.82) is 0 Å². The SMILES string of the molecule is [B]c1[nH]nc2ccc([C@]3(C)CC(=O)N(C)C(N)=N3)cc12. The Morgan fingerprint density at radius 1 is 1.50 bits per heavy atom. The standard InChI is InChI=1S/C13H14BN5O/c1-13(6-10(20)19(2)12(15)16-13)7-3-4-9-8(5-7)11(14)18-17-9/h3-5H,6H2,1-2H3,(H2,15,16)(H,17,18)/t13-/m0/s1. The molecular formula is C13H14BN5O. The molecule has 6 nitrogen and oxygen atoms in total. The number of nitrogens with two attached hydrogens (primary N) is 1. The maximum atomic E-state index is 12.0. The minimum absolute atomic E-state index is 0.0553. The molecule has 3 N–H and O–H groups in total. The summed E-state index contributed by atoms with van der Waals surface area (Å²) in [6, 6.07) is 5.67. The number of fused-ring (bicyclic) bond motifs is 1. The van der Waals surface area contributed by atoms with Crippen LogP contribution in [0.25, 0.3) is 10.9 Å². The lowest BCUT2D eigenvalue weighted by atomic mass is 9.86. The maximum Gasteiger partial charge on any atom is 0.231 e. The Balaban J connectivity index is 2.14. The molecule has 1 aliphatic rings. The summed E-state index contributed by atoms with van der Waals surface area (Å²) in [5, 5.41) is 7.64. The number of rotatable bonds is 1. The normalized spacial score (nSPS) is 23.2. The van der Waals surface area contributed by atoms with Gasteiger partial charge >= 0.3 is 0 Å². The molecule has 0 spiro atoms. The summed E-state index contributed by atoms with van der Waals surface area (Å²) in [5.41, 5.74) is 7.32. The summed E-state index contributed by atoms with van der Waals surface area (Å²) in [6.45, 7) is 1.89. The van der Waals surface area contributed by atoms with Gasteiger partial charge in [-0.3, -0.25) is 14.8 Å². The Hall–Kier alpha value is -2.31. The van der Waals surface area contributed by atoms with E-state index in [-0.39, 0.29) is 18.3 Å². The first kappa shape index (κ1) is 12.7. The number of H-pyrrole nitrogens is 1. The number of aromatic amines is 1. The van der Waals surface area contributed by atoms with Gasteiger partial charge in [0, 0.05) is 12.4 Å². The molecular weight excluding hydrogens is 253 g/mol. The topological polar surface area (TPSA) is 87.4 Å². The van der Waals surface area contributed by atoms with E-state index in [2.05, 4.69) is 15.2 Å². The van der Waals surface area contributed by atoms with Crippen molar-refractivity contribution >= 4 is 36.2 Å². The molecule has 1 aliphatic heterocycles. The van der Waals surface area contributed by atoms with E-state index in [4.69, 9.17) is 13.6 Å². The number of nitrogens with zero attached hydrogens (tertiary/aromatic N) is 3. The van der Waals surface area contributed by atoms with E-state index in [0.29, 0.717) is 5.59 Å². The lowest BCUT2D eigenvalue weighted by Crippen LogP contribution is -2.47. The molecule has 2 radical (unpaired) electrons. The van der Waals surface area contributed by atoms with Gasteiger partial charge in [0.1, 0.15) is 7.85 Å². The van der Waals surface area contributed by atoms with Crippen LogP contribution in [0.2, 0.25) is 0 Å². The van der Waals surface area contributed by atoms with Gasteiger partial charge in [-0.1, -0.05) is 6.07 Å². The third kappa shape index (κ3) is 1.78. The second kappa shape index (κ2) is 4.09. The van der Waals surface area contributed by atoms with Crippen LogP contribution in [-0.4, -0.2) is 41.9 Å². The van der Waals surface area contributed by atoms with Gasteiger partial charge in [0.2, 0.25) is 5.91 Å². The Morgan fingerprint density at radius 3 is 2.95 bits per heavy atom. The van der Waals surface area contributed by atoms with Gasteiger partial charge in [0.15, 0.2) is 5.96 Å². The average Bonchev–Trinajstić information content (AvgIpc) is 2.77. The van der Waals surface area contributed by atoms with E-state index < -0.39 is 5.54 Å². The molecule has 7 heteroatoms. The van der Waals surface area contributed by atoms with Crippen LogP contribution in [0.1, 0.15) is 18.9 Å². The maximum absolute atomic E-state index is 12.0. The number of amides is 1. The number of hydrogen-bond donors (Lipinski definition) is 2. The molecule has 0 aliphatic carbocycles. The molecule has 2 aromatic rings. The van der Waals surface area contributed by atoms with E-state index in [1.165, 1.54) is 4.90 Å². The van der Waals surface area contributed by atoms with Crippen molar-refractivity contribution < 1.29 is 4.79 Å². The number of benzene rings is 1. The van der Waals surface area contributed by atoms with E-state index >= 15 is 0 Å².